The Morgan fingerprint density at radius 1 is 1.24 bits per heavy atom. The first-order valence-electron chi connectivity index (χ1n) is 12.2. The first-order valence-corrected chi connectivity index (χ1v) is 13.8. The van der Waals surface area contributed by atoms with Gasteiger partial charge in [-0.25, -0.2) is 19.1 Å². The third-order valence-corrected chi connectivity index (χ3v) is 8.97. The van der Waals surface area contributed by atoms with E-state index in [4.69, 9.17) is 0 Å². The lowest BCUT2D eigenvalue weighted by atomic mass is 9.66. The SMILES string of the molecule is Cc1cc(SN(O)N2CCC3=Cc4c(cnn4-c4ccc(F)cc4)CC3(C(=O)c3ncc(C)s3)C2)n(C)n1. The molecule has 1 aliphatic carbocycles. The Labute approximate surface area is 227 Å². The van der Waals surface area contributed by atoms with Crippen LogP contribution in [0.1, 0.15) is 38.1 Å². The highest BCUT2D eigenvalue weighted by atomic mass is 32.2. The molecule has 1 saturated heterocycles. The Bertz CT molecular complexity index is 1560. The summed E-state index contributed by atoms with van der Waals surface area (Å²) < 4.78 is 18.2. The average Bonchev–Trinajstić information content (AvgIpc) is 3.60. The summed E-state index contributed by atoms with van der Waals surface area (Å²) in [6.45, 7) is 4.65. The van der Waals surface area contributed by atoms with Gasteiger partial charge in [0.15, 0.2) is 5.01 Å². The predicted octanol–water partition coefficient (Wildman–Crippen LogP) is 4.65. The summed E-state index contributed by atoms with van der Waals surface area (Å²) in [4.78, 5) is 19.6. The number of thiazole rings is 1. The van der Waals surface area contributed by atoms with Crippen molar-refractivity contribution in [3.8, 4) is 5.69 Å². The minimum Gasteiger partial charge on any atom is -0.290 e. The number of benzene rings is 1. The summed E-state index contributed by atoms with van der Waals surface area (Å²) in [6, 6.07) is 8.10. The van der Waals surface area contributed by atoms with Crippen LogP contribution in [0.15, 0.2) is 53.3 Å². The predicted molar refractivity (Wildman–Crippen MR) is 142 cm³/mol. The van der Waals surface area contributed by atoms with E-state index in [1.165, 1.54) is 23.5 Å². The molecule has 196 valence electrons. The lowest BCUT2D eigenvalue weighted by Gasteiger charge is -2.46. The van der Waals surface area contributed by atoms with Crippen LogP contribution in [0.4, 0.5) is 4.39 Å². The Kier molecular flexibility index (Phi) is 6.31. The summed E-state index contributed by atoms with van der Waals surface area (Å²) in [7, 11) is 1.83. The molecule has 1 aliphatic heterocycles. The number of nitrogens with zero attached hydrogens (tertiary/aromatic N) is 7. The second-order valence-corrected chi connectivity index (χ2v) is 11.9. The van der Waals surface area contributed by atoms with Crippen LogP contribution < -0.4 is 0 Å². The standard InChI is InChI=1S/C26H26FN7O2S2/c1-16-10-23(31(3)30-16)38-34(36)32-9-8-19-11-22-18(14-29-33(22)21-6-4-20(27)5-7-21)12-26(19,15-32)24(35)25-28-13-17(2)37-25/h4-7,10-11,13-14,36H,8-9,12,15H2,1-3H3. The minimum absolute atomic E-state index is 0.0542. The second-order valence-electron chi connectivity index (χ2n) is 9.71. The molecule has 1 N–H and O–H groups in total. The molecule has 0 bridgehead atoms. The number of hydrogen-bond acceptors (Lipinski definition) is 9. The molecular formula is C26H26FN7O2S2. The topological polar surface area (TPSA) is 92.3 Å². The van der Waals surface area contributed by atoms with Gasteiger partial charge >= 0.3 is 0 Å². The lowest BCUT2D eigenvalue weighted by Crippen LogP contribution is -2.54. The summed E-state index contributed by atoms with van der Waals surface area (Å²) in [5.41, 5.74) is 3.49. The number of carbonyl (C=O) groups is 1. The largest absolute Gasteiger partial charge is 0.290 e. The second kappa shape index (κ2) is 9.54. The van der Waals surface area contributed by atoms with Crippen molar-refractivity contribution in [2.24, 2.45) is 12.5 Å². The van der Waals surface area contributed by atoms with Crippen LogP contribution in [0.25, 0.3) is 11.8 Å². The first kappa shape index (κ1) is 25.1. The first-order chi connectivity index (χ1) is 18.2. The fourth-order valence-corrected chi connectivity index (χ4v) is 6.85. The van der Waals surface area contributed by atoms with E-state index < -0.39 is 5.41 Å². The number of rotatable bonds is 6. The summed E-state index contributed by atoms with van der Waals surface area (Å²) >= 11 is 2.55. The van der Waals surface area contributed by atoms with Crippen LogP contribution in [0.5, 0.6) is 0 Å². The van der Waals surface area contributed by atoms with Gasteiger partial charge in [0, 0.05) is 43.2 Å². The number of hydrazine groups is 1. The number of fused-ring (bicyclic) bond motifs is 2. The molecule has 1 aromatic carbocycles. The van der Waals surface area contributed by atoms with Gasteiger partial charge in [-0.2, -0.15) is 10.2 Å². The molecule has 38 heavy (non-hydrogen) atoms. The van der Waals surface area contributed by atoms with Gasteiger partial charge in [0.1, 0.15) is 10.8 Å². The molecule has 1 atom stereocenters. The van der Waals surface area contributed by atoms with E-state index in [-0.39, 0.29) is 18.1 Å². The van der Waals surface area contributed by atoms with Crippen LogP contribution in [-0.2, 0) is 13.5 Å². The third kappa shape index (κ3) is 4.31. The van der Waals surface area contributed by atoms with E-state index in [0.717, 1.165) is 54.6 Å². The normalized spacial score (nSPS) is 19.4. The molecule has 0 saturated carbocycles. The quantitative estimate of drug-likeness (QED) is 0.210. The van der Waals surface area contributed by atoms with E-state index in [0.29, 0.717) is 24.4 Å². The van der Waals surface area contributed by atoms with E-state index in [9.17, 15) is 14.4 Å². The van der Waals surface area contributed by atoms with E-state index >= 15 is 0 Å². The molecule has 0 radical (unpaired) electrons. The van der Waals surface area contributed by atoms with E-state index in [1.807, 2.05) is 33.0 Å². The number of piperidine rings is 1. The average molecular weight is 552 g/mol. The summed E-state index contributed by atoms with van der Waals surface area (Å²) in [5, 5.41) is 23.1. The van der Waals surface area contributed by atoms with Crippen molar-refractivity contribution in [2.75, 3.05) is 13.1 Å². The van der Waals surface area contributed by atoms with Crippen molar-refractivity contribution in [1.29, 1.82) is 0 Å². The van der Waals surface area contributed by atoms with Crippen LogP contribution in [0.3, 0.4) is 0 Å². The van der Waals surface area contributed by atoms with Gasteiger partial charge in [-0.3, -0.25) is 14.7 Å². The number of Topliss-reactive ketones (excluding diaryl/α,β-unsaturated/α-hetero) is 1. The number of hydrogen-bond donors (Lipinski definition) is 1. The molecule has 6 rings (SSSR count). The fourth-order valence-electron chi connectivity index (χ4n) is 5.24. The number of halogens is 1. The van der Waals surface area contributed by atoms with Crippen molar-refractivity contribution in [3.63, 3.8) is 0 Å². The third-order valence-electron chi connectivity index (χ3n) is 7.09. The van der Waals surface area contributed by atoms with Gasteiger partial charge in [0.2, 0.25) is 5.78 Å². The molecule has 9 nitrogen and oxygen atoms in total. The maximum Gasteiger partial charge on any atom is 0.203 e. The van der Waals surface area contributed by atoms with Crippen LogP contribution in [0, 0.1) is 25.1 Å². The van der Waals surface area contributed by atoms with Crippen molar-refractivity contribution in [2.45, 2.75) is 31.7 Å². The summed E-state index contributed by atoms with van der Waals surface area (Å²) in [5.74, 6) is -0.363. The van der Waals surface area contributed by atoms with Crippen LogP contribution in [0.2, 0.25) is 0 Å². The molecule has 12 heteroatoms. The Hall–Kier alpha value is -3.16. The molecule has 1 unspecified atom stereocenters. The smallest absolute Gasteiger partial charge is 0.203 e. The monoisotopic (exact) mass is 551 g/mol. The minimum atomic E-state index is -0.907. The van der Waals surface area contributed by atoms with Gasteiger partial charge in [0.05, 0.1) is 28.7 Å². The molecule has 0 spiro atoms. The van der Waals surface area contributed by atoms with Gasteiger partial charge in [0.25, 0.3) is 0 Å². The van der Waals surface area contributed by atoms with Crippen molar-refractivity contribution < 1.29 is 14.4 Å². The number of carbonyl (C=O) groups excluding carboxylic acids is 1. The zero-order valence-electron chi connectivity index (χ0n) is 21.1. The molecule has 3 aromatic heterocycles. The molecule has 1 fully saturated rings. The summed E-state index contributed by atoms with van der Waals surface area (Å²) in [6.07, 6.45) is 6.54. The van der Waals surface area contributed by atoms with Crippen molar-refractivity contribution >= 4 is 35.1 Å². The zero-order valence-corrected chi connectivity index (χ0v) is 22.8. The Morgan fingerprint density at radius 3 is 2.71 bits per heavy atom. The number of aryl methyl sites for hydroxylation is 3. The highest BCUT2D eigenvalue weighted by Crippen LogP contribution is 2.47. The van der Waals surface area contributed by atoms with Crippen molar-refractivity contribution in [3.05, 3.63) is 81.0 Å². The van der Waals surface area contributed by atoms with Gasteiger partial charge in [-0.1, -0.05) is 10.2 Å². The van der Waals surface area contributed by atoms with Gasteiger partial charge in [-0.15, -0.1) is 11.3 Å². The lowest BCUT2D eigenvalue weighted by molar-refractivity contribution is -0.171. The van der Waals surface area contributed by atoms with E-state index in [1.54, 1.807) is 38.9 Å². The number of aromatic nitrogens is 5. The van der Waals surface area contributed by atoms with Crippen LogP contribution >= 0.6 is 23.3 Å². The highest BCUT2D eigenvalue weighted by molar-refractivity contribution is 7.96. The maximum absolute atomic E-state index is 14.2. The maximum atomic E-state index is 14.2. The molecule has 0 amide bonds. The fraction of sp³-hybridized carbons (Fsp3) is 0.308. The van der Waals surface area contributed by atoms with Crippen LogP contribution in [-0.4, -0.2) is 58.2 Å². The molecule has 4 aromatic rings. The van der Waals surface area contributed by atoms with Gasteiger partial charge in [-0.05, 0) is 68.7 Å². The molecule has 4 heterocycles. The Balaban J connectivity index is 1.37. The van der Waals surface area contributed by atoms with Gasteiger partial charge < -0.3 is 0 Å². The number of ketones is 1. The van der Waals surface area contributed by atoms with Crippen molar-refractivity contribution in [1.82, 2.24) is 34.1 Å². The zero-order chi connectivity index (χ0) is 26.6. The molecule has 2 aliphatic rings. The molecular weight excluding hydrogens is 525 g/mol. The van der Waals surface area contributed by atoms with E-state index in [2.05, 4.69) is 15.2 Å². The highest BCUT2D eigenvalue weighted by Gasteiger charge is 2.50. The Morgan fingerprint density at radius 2 is 2.03 bits per heavy atom.